The number of amides is 2. The molecule has 0 aliphatic rings. The van der Waals surface area contributed by atoms with Crippen LogP contribution in [0, 0.1) is 20.8 Å². The zero-order chi connectivity index (χ0) is 25.8. The molecule has 0 aromatic carbocycles. The molecule has 4 aromatic heterocycles. The largest absolute Gasteiger partial charge is 0.365 e. The van der Waals surface area contributed by atoms with Gasteiger partial charge in [0.15, 0.2) is 0 Å². The lowest BCUT2D eigenvalue weighted by molar-refractivity contribution is -0.119. The van der Waals surface area contributed by atoms with Gasteiger partial charge < -0.3 is 11.1 Å². The van der Waals surface area contributed by atoms with Crippen LogP contribution in [0.2, 0.25) is 0 Å². The van der Waals surface area contributed by atoms with Crippen LogP contribution in [0.25, 0.3) is 21.3 Å². The van der Waals surface area contributed by atoms with E-state index in [-0.39, 0.29) is 15.4 Å². The highest BCUT2D eigenvalue weighted by atomic mass is 79.9. The van der Waals surface area contributed by atoms with Crippen LogP contribution in [0.15, 0.2) is 16.7 Å². The summed E-state index contributed by atoms with van der Waals surface area (Å²) in [4.78, 5) is 29.9. The first-order chi connectivity index (χ1) is 16.4. The number of rotatable bonds is 6. The van der Waals surface area contributed by atoms with Crippen molar-refractivity contribution in [1.29, 1.82) is 0 Å². The van der Waals surface area contributed by atoms with Gasteiger partial charge in [0.2, 0.25) is 5.91 Å². The van der Waals surface area contributed by atoms with E-state index >= 15 is 0 Å². The zero-order valence-electron chi connectivity index (χ0n) is 19.5. The average molecular weight is 566 g/mol. The summed E-state index contributed by atoms with van der Waals surface area (Å²) in [7, 11) is 1.71. The predicted molar refractivity (Wildman–Crippen MR) is 133 cm³/mol. The minimum Gasteiger partial charge on any atom is -0.365 e. The van der Waals surface area contributed by atoms with Crippen LogP contribution in [0.5, 0.6) is 0 Å². The summed E-state index contributed by atoms with van der Waals surface area (Å²) in [6.45, 7) is 7.04. The van der Waals surface area contributed by atoms with Gasteiger partial charge in [0.05, 0.1) is 27.2 Å². The van der Waals surface area contributed by atoms with Crippen molar-refractivity contribution in [1.82, 2.24) is 24.5 Å². The second kappa shape index (κ2) is 9.11. The lowest BCUT2D eigenvalue weighted by Crippen LogP contribution is -2.26. The number of primary amides is 1. The van der Waals surface area contributed by atoms with Gasteiger partial charge in [-0.15, -0.1) is 11.3 Å². The van der Waals surface area contributed by atoms with Gasteiger partial charge in [-0.25, -0.2) is 13.8 Å². The van der Waals surface area contributed by atoms with Crippen LogP contribution in [-0.4, -0.2) is 36.4 Å². The van der Waals surface area contributed by atoms with Crippen LogP contribution < -0.4 is 11.1 Å². The Morgan fingerprint density at radius 3 is 2.37 bits per heavy atom. The maximum atomic E-state index is 13.7. The number of halogens is 3. The van der Waals surface area contributed by atoms with Crippen molar-refractivity contribution in [2.45, 2.75) is 40.2 Å². The molecule has 35 heavy (non-hydrogen) atoms. The second-order valence-electron chi connectivity index (χ2n) is 8.14. The molecular weight excluding hydrogens is 544 g/mol. The van der Waals surface area contributed by atoms with E-state index in [1.807, 2.05) is 13.8 Å². The molecule has 0 aliphatic heterocycles. The highest BCUT2D eigenvalue weighted by Crippen LogP contribution is 2.43. The number of carbonyl (C=O) groups excluding carboxylic acids is 2. The maximum Gasteiger partial charge on any atom is 0.280 e. The summed E-state index contributed by atoms with van der Waals surface area (Å²) in [6.07, 6.45) is -1.15. The molecule has 4 aromatic rings. The molecule has 0 saturated carbocycles. The summed E-state index contributed by atoms with van der Waals surface area (Å²) in [5.41, 5.74) is 8.29. The number of carbonyl (C=O) groups is 2. The molecule has 0 spiro atoms. The third-order valence-corrected chi connectivity index (χ3v) is 7.91. The number of aromatic nitrogens is 5. The van der Waals surface area contributed by atoms with Gasteiger partial charge in [-0.3, -0.25) is 19.0 Å². The topological polar surface area (TPSA) is 121 Å². The molecule has 0 radical (unpaired) electrons. The highest BCUT2D eigenvalue weighted by Gasteiger charge is 2.28. The Kier molecular flexibility index (Phi) is 6.49. The molecular formula is C22H22BrF2N7O2S. The number of hydrogen-bond donors (Lipinski definition) is 2. The van der Waals surface area contributed by atoms with Gasteiger partial charge in [0, 0.05) is 24.2 Å². The minimum atomic E-state index is -2.84. The molecule has 3 N–H and O–H groups in total. The van der Waals surface area contributed by atoms with Gasteiger partial charge in [0.1, 0.15) is 21.4 Å². The quantitative estimate of drug-likeness (QED) is 0.347. The monoisotopic (exact) mass is 565 g/mol. The maximum absolute atomic E-state index is 13.7. The Bertz CT molecular complexity index is 1490. The smallest absolute Gasteiger partial charge is 0.280 e. The van der Waals surface area contributed by atoms with E-state index in [0.717, 1.165) is 27.2 Å². The van der Waals surface area contributed by atoms with Gasteiger partial charge in [-0.05, 0) is 55.3 Å². The number of hydrogen-bond acceptors (Lipinski definition) is 6. The molecule has 4 heterocycles. The molecule has 2 amide bonds. The molecule has 0 fully saturated rings. The Labute approximate surface area is 211 Å². The van der Waals surface area contributed by atoms with Crippen molar-refractivity contribution in [2.75, 3.05) is 5.32 Å². The van der Waals surface area contributed by atoms with E-state index in [4.69, 9.17) is 5.73 Å². The number of pyridine rings is 1. The summed E-state index contributed by atoms with van der Waals surface area (Å²) < 4.78 is 31.3. The average Bonchev–Trinajstić information content (AvgIpc) is 3.41. The first-order valence-electron chi connectivity index (χ1n) is 10.5. The van der Waals surface area contributed by atoms with Crippen molar-refractivity contribution >= 4 is 55.0 Å². The molecule has 0 aliphatic carbocycles. The Morgan fingerprint density at radius 1 is 1.17 bits per heavy atom. The standard InChI is InChI=1S/C22H22BrF2N7O2S/c1-8-13(7-31(5)29-8)12-6-14(19(24)25)27-22-15(12)17(18(35-22)20(26)33)28-21(34)11(4)32-10(3)16(23)9(2)30-32/h6-7,11,19H,1-5H3,(H2,26,33)(H,28,34). The van der Waals surface area contributed by atoms with Crippen LogP contribution >= 0.6 is 27.3 Å². The van der Waals surface area contributed by atoms with Crippen molar-refractivity contribution in [3.63, 3.8) is 0 Å². The number of fused-ring (bicyclic) bond motifs is 1. The van der Waals surface area contributed by atoms with Crippen molar-refractivity contribution in [2.24, 2.45) is 12.8 Å². The minimum absolute atomic E-state index is 0.0109. The lowest BCUT2D eigenvalue weighted by Gasteiger charge is -2.16. The van der Waals surface area contributed by atoms with Gasteiger partial charge in [0.25, 0.3) is 12.3 Å². The van der Waals surface area contributed by atoms with Crippen LogP contribution in [0.4, 0.5) is 14.5 Å². The number of nitrogens with two attached hydrogens (primary N) is 1. The van der Waals surface area contributed by atoms with Gasteiger partial charge in [-0.2, -0.15) is 10.2 Å². The van der Waals surface area contributed by atoms with Gasteiger partial charge in [-0.1, -0.05) is 0 Å². The summed E-state index contributed by atoms with van der Waals surface area (Å²) in [6, 6.07) is 0.513. The second-order valence-corrected chi connectivity index (χ2v) is 9.93. The lowest BCUT2D eigenvalue weighted by atomic mass is 10.0. The summed E-state index contributed by atoms with van der Waals surface area (Å²) in [5.74, 6) is -1.27. The predicted octanol–water partition coefficient (Wildman–Crippen LogP) is 4.82. The summed E-state index contributed by atoms with van der Waals surface area (Å²) in [5, 5.41) is 11.9. The molecule has 0 bridgehead atoms. The van der Waals surface area contributed by atoms with Crippen LogP contribution in [0.1, 0.15) is 51.8 Å². The molecule has 13 heteroatoms. The number of nitrogens with one attached hydrogen (secondary N) is 1. The summed E-state index contributed by atoms with van der Waals surface area (Å²) >= 11 is 4.31. The van der Waals surface area contributed by atoms with Crippen molar-refractivity contribution < 1.29 is 18.4 Å². The van der Waals surface area contributed by atoms with E-state index in [0.29, 0.717) is 22.2 Å². The third-order valence-electron chi connectivity index (χ3n) is 5.66. The molecule has 9 nitrogen and oxygen atoms in total. The number of aryl methyl sites for hydroxylation is 3. The molecule has 1 atom stereocenters. The fourth-order valence-corrected chi connectivity index (χ4v) is 5.23. The molecule has 184 valence electrons. The van der Waals surface area contributed by atoms with Crippen LogP contribution in [0.3, 0.4) is 0 Å². The number of thiophene rings is 1. The number of alkyl halides is 2. The number of anilines is 1. The third kappa shape index (κ3) is 4.33. The normalized spacial score (nSPS) is 12.5. The first-order valence-corrected chi connectivity index (χ1v) is 12.1. The zero-order valence-corrected chi connectivity index (χ0v) is 21.9. The van der Waals surface area contributed by atoms with E-state index in [1.54, 1.807) is 36.5 Å². The number of nitrogens with zero attached hydrogens (tertiary/aromatic N) is 5. The Balaban J connectivity index is 1.92. The van der Waals surface area contributed by atoms with Crippen molar-refractivity contribution in [3.05, 3.63) is 44.4 Å². The fraction of sp³-hybridized carbons (Fsp3) is 0.318. The highest BCUT2D eigenvalue weighted by molar-refractivity contribution is 9.10. The molecule has 1 unspecified atom stereocenters. The SMILES string of the molecule is Cc1nn(C)cc1-c1cc(C(F)F)nc2sc(C(N)=O)c(NC(=O)C(C)n3nc(C)c(Br)c3C)c12. The first kappa shape index (κ1) is 24.9. The molecule has 4 rings (SSSR count). The Hall–Kier alpha value is -3.19. The van der Waals surface area contributed by atoms with E-state index < -0.39 is 30.0 Å². The molecule has 0 saturated heterocycles. The Morgan fingerprint density at radius 2 is 1.86 bits per heavy atom. The van der Waals surface area contributed by atoms with E-state index in [1.165, 1.54) is 6.07 Å². The van der Waals surface area contributed by atoms with Crippen LogP contribution in [-0.2, 0) is 11.8 Å². The van der Waals surface area contributed by atoms with E-state index in [9.17, 15) is 18.4 Å². The van der Waals surface area contributed by atoms with Gasteiger partial charge >= 0.3 is 0 Å². The van der Waals surface area contributed by atoms with Crippen molar-refractivity contribution in [3.8, 4) is 11.1 Å². The van der Waals surface area contributed by atoms with E-state index in [2.05, 4.69) is 36.4 Å². The fourth-order valence-electron chi connectivity index (χ4n) is 3.96.